The highest BCUT2D eigenvalue weighted by Gasteiger charge is 2.44. The monoisotopic (exact) mass is 822 g/mol. The fourth-order valence-electron chi connectivity index (χ4n) is 6.53. The Labute approximate surface area is 339 Å². The van der Waals surface area contributed by atoms with E-state index in [1.165, 1.54) is 36.9 Å². The third-order valence-electron chi connectivity index (χ3n) is 9.91. The molecule has 0 radical (unpaired) electrons. The summed E-state index contributed by atoms with van der Waals surface area (Å²) in [5.41, 5.74) is -1.24. The van der Waals surface area contributed by atoms with Crippen LogP contribution in [0.2, 0.25) is 0 Å². The molecule has 3 heterocycles. The van der Waals surface area contributed by atoms with E-state index < -0.39 is 35.2 Å². The van der Waals surface area contributed by atoms with Gasteiger partial charge in [0.05, 0.1) is 77.2 Å². The van der Waals surface area contributed by atoms with E-state index in [4.69, 9.17) is 23.7 Å². The van der Waals surface area contributed by atoms with Gasteiger partial charge in [-0.15, -0.1) is 11.3 Å². The van der Waals surface area contributed by atoms with Gasteiger partial charge in [-0.25, -0.2) is 14.6 Å². The van der Waals surface area contributed by atoms with Gasteiger partial charge in [0.15, 0.2) is 5.78 Å². The molecule has 3 amide bonds. The van der Waals surface area contributed by atoms with Gasteiger partial charge in [-0.05, 0) is 86.5 Å². The topological polar surface area (TPSA) is 189 Å². The van der Waals surface area contributed by atoms with Crippen LogP contribution < -0.4 is 5.32 Å². The number of hydrogen-bond acceptors (Lipinski definition) is 14. The van der Waals surface area contributed by atoms with Crippen LogP contribution >= 0.6 is 11.3 Å². The average Bonchev–Trinajstić information content (AvgIpc) is 3.86. The number of methoxy groups -OCH3 is 2. The van der Waals surface area contributed by atoms with E-state index >= 15 is 0 Å². The fourth-order valence-corrected chi connectivity index (χ4v) is 7.58. The predicted octanol–water partition coefficient (Wildman–Crippen LogP) is 5.44. The Morgan fingerprint density at radius 1 is 0.737 bits per heavy atom. The first-order valence-electron chi connectivity index (χ1n) is 20.0. The van der Waals surface area contributed by atoms with Gasteiger partial charge in [0, 0.05) is 30.3 Å². The summed E-state index contributed by atoms with van der Waals surface area (Å²) in [7, 11) is 2.64. The number of ether oxygens (including phenoxy) is 6. The van der Waals surface area contributed by atoms with Gasteiger partial charge in [-0.1, -0.05) is 0 Å². The summed E-state index contributed by atoms with van der Waals surface area (Å²) in [5, 5.41) is 3.44. The molecule has 0 unspecified atom stereocenters. The Hall–Kier alpha value is -3.83. The molecule has 2 aliphatic heterocycles. The van der Waals surface area contributed by atoms with Crippen LogP contribution in [0.5, 0.6) is 0 Å². The van der Waals surface area contributed by atoms with Crippen LogP contribution in [0.1, 0.15) is 128 Å². The summed E-state index contributed by atoms with van der Waals surface area (Å²) in [5.74, 6) is -1.43. The lowest BCUT2D eigenvalue weighted by Gasteiger charge is -2.29. The molecule has 4 aliphatic rings. The molecular formula is C40H62N4O12S. The first-order chi connectivity index (χ1) is 26.8. The molecule has 1 aromatic heterocycles. The zero-order chi connectivity index (χ0) is 41.9. The molecule has 2 saturated heterocycles. The Morgan fingerprint density at radius 3 is 1.79 bits per heavy atom. The van der Waals surface area contributed by atoms with Crippen molar-refractivity contribution in [2.24, 2.45) is 0 Å². The lowest BCUT2D eigenvalue weighted by Crippen LogP contribution is -2.48. The van der Waals surface area contributed by atoms with E-state index in [0.29, 0.717) is 31.9 Å². The summed E-state index contributed by atoms with van der Waals surface area (Å²) >= 11 is 1.54. The number of aromatic nitrogens is 1. The van der Waals surface area contributed by atoms with Crippen molar-refractivity contribution in [1.82, 2.24) is 20.1 Å². The molecule has 16 nitrogen and oxygen atoms in total. The standard InChI is InChI=1S/C20H32N2O7.C20H30N2O5S/c1-20(2,3)29-19(26)22-12-15(28-14-6-5-7-14)10-16(22)18(25)21-11-13(23)8-9-17(24)27-4;1-20(2,3)27-19(24)22-12-14(26-13-6-5-7-13)10-16(22)18-21-11-15(28-18)8-9-17(23)25-4/h14-16H,5-12H2,1-4H3,(H,21,25);11,13-14,16H,5-10,12H2,1-4H3/t15-,16-;14-,16-/m00/s1. The zero-order valence-corrected chi connectivity index (χ0v) is 35.6. The number of esters is 2. The number of nitrogens with one attached hydrogen (secondary N) is 1. The van der Waals surface area contributed by atoms with Gasteiger partial charge < -0.3 is 33.7 Å². The number of rotatable bonds is 14. The van der Waals surface area contributed by atoms with Crippen molar-refractivity contribution < 1.29 is 57.2 Å². The second-order valence-electron chi connectivity index (χ2n) is 17.0. The van der Waals surface area contributed by atoms with Gasteiger partial charge in [0.25, 0.3) is 0 Å². The maximum atomic E-state index is 12.8. The molecule has 2 aliphatic carbocycles. The molecule has 320 valence electrons. The van der Waals surface area contributed by atoms with E-state index in [9.17, 15) is 28.8 Å². The van der Waals surface area contributed by atoms with Crippen LogP contribution in [-0.2, 0) is 54.0 Å². The molecule has 1 aromatic rings. The van der Waals surface area contributed by atoms with Crippen LogP contribution in [0.15, 0.2) is 6.20 Å². The predicted molar refractivity (Wildman–Crippen MR) is 208 cm³/mol. The van der Waals surface area contributed by atoms with Crippen molar-refractivity contribution in [3.8, 4) is 0 Å². The maximum absolute atomic E-state index is 12.8. The Bertz CT molecular complexity index is 1550. The molecule has 0 bridgehead atoms. The number of aryl methyl sites for hydroxylation is 1. The van der Waals surface area contributed by atoms with E-state index in [1.54, 1.807) is 31.9 Å². The largest absolute Gasteiger partial charge is 0.469 e. The fraction of sp³-hybridized carbons (Fsp3) is 0.775. The van der Waals surface area contributed by atoms with Gasteiger partial charge >= 0.3 is 24.1 Å². The maximum Gasteiger partial charge on any atom is 0.411 e. The van der Waals surface area contributed by atoms with E-state index in [0.717, 1.165) is 48.4 Å². The van der Waals surface area contributed by atoms with Crippen molar-refractivity contribution in [1.29, 1.82) is 0 Å². The minimum absolute atomic E-state index is 0.00485. The van der Waals surface area contributed by atoms with Gasteiger partial charge in [-0.3, -0.25) is 29.0 Å². The number of nitrogens with zero attached hydrogens (tertiary/aromatic N) is 3. The van der Waals surface area contributed by atoms with Crippen LogP contribution in [0.4, 0.5) is 9.59 Å². The summed E-state index contributed by atoms with van der Waals surface area (Å²) < 4.78 is 32.4. The van der Waals surface area contributed by atoms with Crippen LogP contribution in [0.3, 0.4) is 0 Å². The highest BCUT2D eigenvalue weighted by molar-refractivity contribution is 7.11. The third-order valence-corrected chi connectivity index (χ3v) is 11.1. The van der Waals surface area contributed by atoms with Crippen molar-refractivity contribution in [2.75, 3.05) is 33.9 Å². The lowest BCUT2D eigenvalue weighted by atomic mass is 9.96. The summed E-state index contributed by atoms with van der Waals surface area (Å²) in [6.45, 7) is 11.5. The van der Waals surface area contributed by atoms with Crippen LogP contribution in [0.25, 0.3) is 0 Å². The third kappa shape index (κ3) is 14.8. The SMILES string of the molecule is COC(=O)CCC(=O)CNC(=O)[C@@H]1C[C@H](OC2CCC2)CN1C(=O)OC(C)(C)C.COC(=O)CCc1cnc([C@@H]2C[C@H](OC3CCC3)CN2C(=O)OC(C)(C)C)s1. The molecule has 4 atom stereocenters. The molecule has 57 heavy (non-hydrogen) atoms. The van der Waals surface area contributed by atoms with E-state index in [1.807, 2.05) is 20.8 Å². The molecule has 17 heteroatoms. The Balaban J connectivity index is 0.000000253. The number of hydrogen-bond donors (Lipinski definition) is 1. The number of thiazole rings is 1. The molecule has 2 saturated carbocycles. The van der Waals surface area contributed by atoms with Gasteiger partial charge in [0.1, 0.15) is 22.3 Å². The van der Waals surface area contributed by atoms with Crippen molar-refractivity contribution in [2.45, 2.75) is 166 Å². The average molecular weight is 823 g/mol. The first-order valence-corrected chi connectivity index (χ1v) is 20.8. The molecule has 1 N–H and O–H groups in total. The smallest absolute Gasteiger partial charge is 0.411 e. The number of likely N-dealkylation sites (tertiary alicyclic amines) is 2. The number of carbonyl (C=O) groups excluding carboxylic acids is 6. The number of carbonyl (C=O) groups is 6. The zero-order valence-electron chi connectivity index (χ0n) is 34.8. The molecule has 0 spiro atoms. The van der Waals surface area contributed by atoms with Crippen molar-refractivity contribution >= 4 is 47.2 Å². The van der Waals surface area contributed by atoms with Crippen molar-refractivity contribution in [3.05, 3.63) is 16.1 Å². The van der Waals surface area contributed by atoms with Crippen LogP contribution in [0, 0.1) is 0 Å². The Morgan fingerprint density at radius 2 is 1.26 bits per heavy atom. The minimum atomic E-state index is -0.761. The summed E-state index contributed by atoms with van der Waals surface area (Å²) in [6, 6.07) is -0.917. The highest BCUT2D eigenvalue weighted by Crippen LogP contribution is 2.39. The lowest BCUT2D eigenvalue weighted by molar-refractivity contribution is -0.142. The Kier molecular flexibility index (Phi) is 16.7. The van der Waals surface area contributed by atoms with Gasteiger partial charge in [0.2, 0.25) is 5.91 Å². The number of ketones is 1. The molecule has 4 fully saturated rings. The molecular weight excluding hydrogens is 761 g/mol. The van der Waals surface area contributed by atoms with E-state index in [-0.39, 0.29) is 68.1 Å². The molecule has 5 rings (SSSR count). The quantitative estimate of drug-likeness (QED) is 0.185. The normalized spacial score (nSPS) is 22.4. The van der Waals surface area contributed by atoms with Gasteiger partial charge in [-0.2, -0.15) is 0 Å². The molecule has 0 aromatic carbocycles. The van der Waals surface area contributed by atoms with Crippen molar-refractivity contribution in [3.63, 3.8) is 0 Å². The first kappa shape index (κ1) is 45.9. The van der Waals surface area contributed by atoms with Crippen LogP contribution in [-0.4, -0.2) is 126 Å². The number of amides is 3. The summed E-state index contributed by atoms with van der Waals surface area (Å²) in [6.07, 6.45) is 9.63. The minimum Gasteiger partial charge on any atom is -0.469 e. The number of Topliss-reactive ketones (excluding diaryl/α,β-unsaturated/α-hetero) is 1. The highest BCUT2D eigenvalue weighted by atomic mass is 32.1. The second-order valence-corrected chi connectivity index (χ2v) is 18.1. The second kappa shape index (κ2) is 20.7. The van der Waals surface area contributed by atoms with E-state index in [2.05, 4.69) is 15.0 Å². The summed E-state index contributed by atoms with van der Waals surface area (Å²) in [4.78, 5) is 81.1.